The summed E-state index contributed by atoms with van der Waals surface area (Å²) in [6, 6.07) is 8.85. The van der Waals surface area contributed by atoms with Gasteiger partial charge in [-0.3, -0.25) is 9.98 Å². The van der Waals surface area contributed by atoms with Gasteiger partial charge in [-0.15, -0.1) is 0 Å². The Morgan fingerprint density at radius 3 is 2.79 bits per heavy atom. The van der Waals surface area contributed by atoms with E-state index in [1.165, 1.54) is 22.1 Å². The second-order valence-corrected chi connectivity index (χ2v) is 8.11. The zero-order valence-electron chi connectivity index (χ0n) is 14.7. The number of pyridine rings is 1. The molecule has 0 bridgehead atoms. The molecule has 0 amide bonds. The van der Waals surface area contributed by atoms with Crippen LogP contribution in [0.5, 0.6) is 0 Å². The third kappa shape index (κ3) is 2.37. The first-order valence-corrected chi connectivity index (χ1v) is 9.56. The van der Waals surface area contributed by atoms with Crippen molar-refractivity contribution in [2.24, 2.45) is 4.99 Å². The van der Waals surface area contributed by atoms with Gasteiger partial charge in [0.2, 0.25) is 0 Å². The summed E-state index contributed by atoms with van der Waals surface area (Å²) in [6.07, 6.45) is 1.88. The van der Waals surface area contributed by atoms with Gasteiger partial charge in [0.15, 0.2) is 5.17 Å². The van der Waals surface area contributed by atoms with Gasteiger partial charge in [0.1, 0.15) is 6.04 Å². The van der Waals surface area contributed by atoms with E-state index >= 15 is 0 Å². The van der Waals surface area contributed by atoms with Gasteiger partial charge in [0.05, 0.1) is 11.7 Å². The maximum absolute atomic E-state index is 5.07. The van der Waals surface area contributed by atoms with Crippen LogP contribution in [0.25, 0.3) is 0 Å². The number of aromatic nitrogens is 2. The second-order valence-electron chi connectivity index (χ2n) is 6.71. The molecule has 2 aromatic rings. The molecule has 1 fully saturated rings. The lowest BCUT2D eigenvalue weighted by molar-refractivity contribution is 0.320. The molecular weight excluding hydrogens is 316 g/mol. The number of nitrogens with zero attached hydrogens (tertiary/aromatic N) is 4. The molecule has 0 radical (unpaired) electrons. The van der Waals surface area contributed by atoms with Gasteiger partial charge >= 0.3 is 0 Å². The lowest BCUT2D eigenvalue weighted by atomic mass is 9.96. The molecule has 0 N–H and O–H groups in total. The van der Waals surface area contributed by atoms with E-state index in [9.17, 15) is 0 Å². The van der Waals surface area contributed by atoms with Crippen LogP contribution in [0.15, 0.2) is 35.5 Å². The van der Waals surface area contributed by atoms with E-state index in [2.05, 4.69) is 60.3 Å². The summed E-state index contributed by atoms with van der Waals surface area (Å²) in [6.45, 7) is 11.0. The third-order valence-corrected chi connectivity index (χ3v) is 6.23. The summed E-state index contributed by atoms with van der Waals surface area (Å²) in [7, 11) is 0. The molecule has 0 aromatic carbocycles. The number of thioether (sulfide) groups is 1. The lowest BCUT2D eigenvalue weighted by Gasteiger charge is -2.27. The Bertz CT molecular complexity index is 780. The summed E-state index contributed by atoms with van der Waals surface area (Å²) < 4.78 is 2.40. The quantitative estimate of drug-likeness (QED) is 0.843. The van der Waals surface area contributed by atoms with Gasteiger partial charge in [-0.05, 0) is 44.5 Å². The van der Waals surface area contributed by atoms with Crippen LogP contribution in [0.3, 0.4) is 0 Å². The smallest absolute Gasteiger partial charge is 0.160 e. The minimum Gasteiger partial charge on any atom is -0.349 e. The fourth-order valence-corrected chi connectivity index (χ4v) is 5.16. The van der Waals surface area contributed by atoms with Crippen molar-refractivity contribution >= 4 is 16.9 Å². The first-order valence-electron chi connectivity index (χ1n) is 8.68. The summed E-state index contributed by atoms with van der Waals surface area (Å²) in [5, 5.41) is 1.79. The number of hydrogen-bond acceptors (Lipinski definition) is 4. The van der Waals surface area contributed by atoms with Gasteiger partial charge in [-0.1, -0.05) is 24.8 Å². The van der Waals surface area contributed by atoms with Gasteiger partial charge in [-0.25, -0.2) is 0 Å². The Morgan fingerprint density at radius 1 is 1.29 bits per heavy atom. The normalized spacial score (nSPS) is 25.9. The van der Waals surface area contributed by atoms with E-state index in [-0.39, 0.29) is 12.1 Å². The second kappa shape index (κ2) is 5.96. The Morgan fingerprint density at radius 2 is 2.12 bits per heavy atom. The van der Waals surface area contributed by atoms with Gasteiger partial charge in [-0.2, -0.15) is 0 Å². The van der Waals surface area contributed by atoms with Crippen LogP contribution in [-0.4, -0.2) is 31.4 Å². The number of amidine groups is 1. The van der Waals surface area contributed by atoms with E-state index in [4.69, 9.17) is 4.99 Å². The molecule has 1 saturated heterocycles. The minimum atomic E-state index is 0.0898. The fourth-order valence-electron chi connectivity index (χ4n) is 4.07. The molecule has 4 nitrogen and oxygen atoms in total. The number of aliphatic imine (C=N–C) groups is 1. The Balaban J connectivity index is 1.81. The Kier molecular flexibility index (Phi) is 3.91. The van der Waals surface area contributed by atoms with Crippen molar-refractivity contribution in [3.63, 3.8) is 0 Å². The van der Waals surface area contributed by atoms with Crippen molar-refractivity contribution in [2.45, 2.75) is 51.6 Å². The van der Waals surface area contributed by atoms with Crippen LogP contribution in [0.4, 0.5) is 0 Å². The number of hydrogen-bond donors (Lipinski definition) is 0. The molecule has 4 rings (SSSR count). The maximum Gasteiger partial charge on any atom is 0.160 e. The first-order chi connectivity index (χ1) is 11.6. The van der Waals surface area contributed by atoms with Crippen LogP contribution in [0.2, 0.25) is 0 Å². The van der Waals surface area contributed by atoms with Gasteiger partial charge < -0.3 is 9.47 Å². The van der Waals surface area contributed by atoms with Crippen molar-refractivity contribution in [1.29, 1.82) is 0 Å². The number of rotatable bonds is 3. The molecule has 0 spiro atoms. The van der Waals surface area contributed by atoms with Crippen LogP contribution >= 0.6 is 11.8 Å². The largest absolute Gasteiger partial charge is 0.349 e. The summed E-state index contributed by atoms with van der Waals surface area (Å²) in [5.74, 6) is 0. The Hall–Kier alpha value is -1.75. The highest BCUT2D eigenvalue weighted by molar-refractivity contribution is 8.14. The molecule has 2 aliphatic rings. The number of fused-ring (bicyclic) bond motifs is 1. The average Bonchev–Trinajstić information content (AvgIpc) is 3.18. The minimum absolute atomic E-state index is 0.0898. The highest BCUT2D eigenvalue weighted by Gasteiger charge is 2.44. The highest BCUT2D eigenvalue weighted by Crippen LogP contribution is 2.48. The Labute approximate surface area is 148 Å². The standard InChI is InChI=1S/C19H24N4S/c1-5-22-12(2)10-15(14(22)4)18-17(16-8-6-7-9-20-16)21-19-23(18)11-13(3)24-19/h6-10,13,17-18H,5,11H2,1-4H3/t13-,17-,18-/m1/s1. The van der Waals surface area contributed by atoms with Crippen LogP contribution in [-0.2, 0) is 6.54 Å². The van der Waals surface area contributed by atoms with E-state index in [1.54, 1.807) is 0 Å². The highest BCUT2D eigenvalue weighted by atomic mass is 32.2. The lowest BCUT2D eigenvalue weighted by Crippen LogP contribution is -2.28. The zero-order chi connectivity index (χ0) is 16.8. The molecule has 2 aromatic heterocycles. The monoisotopic (exact) mass is 340 g/mol. The van der Waals surface area contributed by atoms with Crippen LogP contribution in [0.1, 0.15) is 48.6 Å². The zero-order valence-corrected chi connectivity index (χ0v) is 15.5. The average molecular weight is 340 g/mol. The SMILES string of the molecule is CCn1c(C)cc([C@@H]2[C@@H](c3ccccn3)N=C3S[C@H](C)CN32)c1C. The molecule has 2 aliphatic heterocycles. The van der Waals surface area contributed by atoms with Crippen molar-refractivity contribution in [1.82, 2.24) is 14.5 Å². The predicted octanol–water partition coefficient (Wildman–Crippen LogP) is 4.11. The van der Waals surface area contributed by atoms with Gasteiger partial charge in [0, 0.05) is 35.9 Å². The van der Waals surface area contributed by atoms with E-state index in [1.807, 2.05) is 24.0 Å². The molecule has 4 heterocycles. The molecule has 126 valence electrons. The van der Waals surface area contributed by atoms with Crippen LogP contribution < -0.4 is 0 Å². The molecule has 3 atom stereocenters. The van der Waals surface area contributed by atoms with E-state index in [0.29, 0.717) is 5.25 Å². The van der Waals surface area contributed by atoms with Crippen molar-refractivity contribution in [2.75, 3.05) is 6.54 Å². The number of aryl methyl sites for hydroxylation is 1. The topological polar surface area (TPSA) is 33.4 Å². The molecule has 5 heteroatoms. The van der Waals surface area contributed by atoms with Crippen molar-refractivity contribution < 1.29 is 0 Å². The summed E-state index contributed by atoms with van der Waals surface area (Å²) in [4.78, 5) is 12.2. The molecule has 24 heavy (non-hydrogen) atoms. The van der Waals surface area contributed by atoms with Crippen LogP contribution in [0, 0.1) is 13.8 Å². The molecule has 0 aliphatic carbocycles. The summed E-state index contributed by atoms with van der Waals surface area (Å²) in [5.41, 5.74) is 5.16. The molecule has 0 unspecified atom stereocenters. The maximum atomic E-state index is 5.07. The predicted molar refractivity (Wildman–Crippen MR) is 100 cm³/mol. The molecular formula is C19H24N4S. The van der Waals surface area contributed by atoms with E-state index in [0.717, 1.165) is 18.8 Å². The van der Waals surface area contributed by atoms with Crippen molar-refractivity contribution in [3.8, 4) is 0 Å². The third-order valence-electron chi connectivity index (χ3n) is 5.13. The van der Waals surface area contributed by atoms with E-state index < -0.39 is 0 Å². The first kappa shape index (κ1) is 15.8. The fraction of sp³-hybridized carbons (Fsp3) is 0.474. The molecule has 0 saturated carbocycles. The summed E-state index contributed by atoms with van der Waals surface area (Å²) >= 11 is 1.90. The van der Waals surface area contributed by atoms with Gasteiger partial charge in [0.25, 0.3) is 0 Å². The van der Waals surface area contributed by atoms with Crippen molar-refractivity contribution in [3.05, 3.63) is 53.1 Å².